The van der Waals surface area contributed by atoms with E-state index in [0.29, 0.717) is 5.56 Å². The van der Waals surface area contributed by atoms with Gasteiger partial charge in [0.15, 0.2) is 17.9 Å². The molecule has 0 unspecified atom stereocenters. The van der Waals surface area contributed by atoms with Gasteiger partial charge in [0.25, 0.3) is 0 Å². The first-order chi connectivity index (χ1) is 20.8. The Balaban J connectivity index is 1.55. The minimum absolute atomic E-state index is 0.0580. The van der Waals surface area contributed by atoms with Gasteiger partial charge in [0, 0.05) is 12.3 Å². The van der Waals surface area contributed by atoms with E-state index in [9.17, 15) is 19.2 Å². The molecular weight excluding hydrogens is 556 g/mol. The quantitative estimate of drug-likeness (QED) is 0.211. The van der Waals surface area contributed by atoms with Crippen LogP contribution in [0.25, 0.3) is 0 Å². The van der Waals surface area contributed by atoms with Crippen LogP contribution >= 0.6 is 0 Å². The predicted molar refractivity (Wildman–Crippen MR) is 152 cm³/mol. The highest BCUT2D eigenvalue weighted by atomic mass is 16.7. The molecule has 0 spiro atoms. The Kier molecular flexibility index (Phi) is 8.63. The van der Waals surface area contributed by atoms with Crippen LogP contribution < -0.4 is 10.4 Å². The fourth-order valence-corrected chi connectivity index (χ4v) is 4.75. The van der Waals surface area contributed by atoms with Crippen molar-refractivity contribution in [2.24, 2.45) is 0 Å². The van der Waals surface area contributed by atoms with Crippen molar-refractivity contribution in [3.63, 3.8) is 0 Å². The third-order valence-corrected chi connectivity index (χ3v) is 6.92. The molecule has 11 heteroatoms. The maximum atomic E-state index is 13.4. The van der Waals surface area contributed by atoms with Gasteiger partial charge in [-0.2, -0.15) is 4.98 Å². The smallest absolute Gasteiger partial charge is 0.353 e. The molecule has 5 rings (SSSR count). The lowest BCUT2D eigenvalue weighted by molar-refractivity contribution is -0.111. The van der Waals surface area contributed by atoms with Crippen LogP contribution in [0.5, 0.6) is 5.88 Å². The summed E-state index contributed by atoms with van der Waals surface area (Å²) in [6.45, 7) is 1.09. The Morgan fingerprint density at radius 1 is 0.814 bits per heavy atom. The van der Waals surface area contributed by atoms with Gasteiger partial charge >= 0.3 is 23.6 Å². The molecule has 0 N–H and O–H groups in total. The lowest BCUT2D eigenvalue weighted by Gasteiger charge is -2.34. The minimum atomic E-state index is -1.80. The van der Waals surface area contributed by atoms with Crippen LogP contribution in [0, 0.1) is 0 Å². The maximum absolute atomic E-state index is 13.4. The second-order valence-electron chi connectivity index (χ2n) is 9.78. The number of ether oxygens (including phenoxy) is 5. The molecule has 220 valence electrons. The van der Waals surface area contributed by atoms with Gasteiger partial charge in [-0.1, -0.05) is 54.6 Å². The van der Waals surface area contributed by atoms with E-state index >= 15 is 0 Å². The highest BCUT2D eigenvalue weighted by Gasteiger charge is 2.60. The Hall–Kier alpha value is -5.29. The van der Waals surface area contributed by atoms with Gasteiger partial charge in [-0.15, -0.1) is 0 Å². The first-order valence-corrected chi connectivity index (χ1v) is 13.4. The summed E-state index contributed by atoms with van der Waals surface area (Å²) in [5.41, 5.74) is -1.84. The summed E-state index contributed by atoms with van der Waals surface area (Å²) in [4.78, 5) is 56.5. The van der Waals surface area contributed by atoms with E-state index < -0.39 is 54.2 Å². The maximum Gasteiger partial charge on any atom is 0.353 e. The molecular formula is C32H28N2O9. The number of carbonyl (C=O) groups is 3. The molecule has 4 atom stereocenters. The predicted octanol–water partition coefficient (Wildman–Crippen LogP) is 3.85. The van der Waals surface area contributed by atoms with Crippen molar-refractivity contribution in [1.82, 2.24) is 9.55 Å². The molecule has 2 heterocycles. The van der Waals surface area contributed by atoms with Gasteiger partial charge in [-0.25, -0.2) is 19.2 Å². The van der Waals surface area contributed by atoms with Gasteiger partial charge in [-0.3, -0.25) is 4.57 Å². The third-order valence-electron chi connectivity index (χ3n) is 6.92. The molecule has 4 aromatic rings. The number of hydrogen-bond donors (Lipinski definition) is 0. The molecule has 1 aromatic heterocycles. The average molecular weight is 585 g/mol. The topological polar surface area (TPSA) is 132 Å². The molecule has 1 aliphatic rings. The van der Waals surface area contributed by atoms with E-state index in [1.807, 2.05) is 0 Å². The van der Waals surface area contributed by atoms with Gasteiger partial charge in [-0.05, 0) is 43.3 Å². The lowest BCUT2D eigenvalue weighted by atomic mass is 9.95. The molecule has 0 saturated carbocycles. The normalized spacial score (nSPS) is 21.0. The summed E-state index contributed by atoms with van der Waals surface area (Å²) in [5, 5.41) is 0. The summed E-state index contributed by atoms with van der Waals surface area (Å²) < 4.78 is 29.9. The van der Waals surface area contributed by atoms with Crippen molar-refractivity contribution in [2.75, 3.05) is 13.7 Å². The zero-order valence-corrected chi connectivity index (χ0v) is 23.3. The molecule has 0 aliphatic carbocycles. The summed E-state index contributed by atoms with van der Waals surface area (Å²) in [5.74, 6) is -2.08. The number of esters is 3. The second kappa shape index (κ2) is 12.7. The Morgan fingerprint density at radius 2 is 1.35 bits per heavy atom. The number of nitrogens with zero attached hydrogens (tertiary/aromatic N) is 2. The molecule has 0 amide bonds. The van der Waals surface area contributed by atoms with Gasteiger partial charge in [0.05, 0.1) is 23.8 Å². The van der Waals surface area contributed by atoms with E-state index in [-0.39, 0.29) is 17.0 Å². The van der Waals surface area contributed by atoms with Crippen LogP contribution in [-0.4, -0.2) is 59.0 Å². The molecule has 1 fully saturated rings. The highest BCUT2D eigenvalue weighted by molar-refractivity contribution is 5.91. The van der Waals surface area contributed by atoms with Crippen molar-refractivity contribution in [3.8, 4) is 5.88 Å². The summed E-state index contributed by atoms with van der Waals surface area (Å²) in [6.07, 6.45) is -2.48. The number of carbonyl (C=O) groups excluding carboxylic acids is 3. The largest absolute Gasteiger partial charge is 0.481 e. The third kappa shape index (κ3) is 6.31. The van der Waals surface area contributed by atoms with Crippen LogP contribution in [0.1, 0.15) is 44.2 Å². The molecule has 0 radical (unpaired) electrons. The Labute approximate surface area is 246 Å². The highest BCUT2D eigenvalue weighted by Crippen LogP contribution is 2.43. The monoisotopic (exact) mass is 584 g/mol. The number of aromatic nitrogens is 2. The van der Waals surface area contributed by atoms with Gasteiger partial charge in [0.2, 0.25) is 5.88 Å². The molecule has 43 heavy (non-hydrogen) atoms. The average Bonchev–Trinajstić information content (AvgIpc) is 3.30. The van der Waals surface area contributed by atoms with Gasteiger partial charge < -0.3 is 23.7 Å². The minimum Gasteiger partial charge on any atom is -0.481 e. The SMILES string of the molecule is COc1ccn([C@@H]2O[C@H](COC(=O)c3ccccc3)[C@@H](OC(=O)c3ccccc3)[C@@]2(C)OC(=O)c2ccccc2)c(=O)n1. The number of benzene rings is 3. The molecule has 1 saturated heterocycles. The van der Waals surface area contributed by atoms with Crippen LogP contribution in [-0.2, 0) is 18.9 Å². The van der Waals surface area contributed by atoms with E-state index in [4.69, 9.17) is 23.7 Å². The fourth-order valence-electron chi connectivity index (χ4n) is 4.75. The lowest BCUT2D eigenvalue weighted by Crippen LogP contribution is -2.51. The first-order valence-electron chi connectivity index (χ1n) is 13.4. The van der Waals surface area contributed by atoms with E-state index in [2.05, 4.69) is 4.98 Å². The summed E-state index contributed by atoms with van der Waals surface area (Å²) >= 11 is 0. The van der Waals surface area contributed by atoms with Gasteiger partial charge in [0.1, 0.15) is 12.7 Å². The number of methoxy groups -OCH3 is 1. The first kappa shape index (κ1) is 29.2. The van der Waals surface area contributed by atoms with E-state index in [0.717, 1.165) is 4.57 Å². The van der Waals surface area contributed by atoms with Crippen LogP contribution in [0.4, 0.5) is 0 Å². The molecule has 1 aliphatic heterocycles. The van der Waals surface area contributed by atoms with E-state index in [1.54, 1.807) is 91.0 Å². The molecule has 11 nitrogen and oxygen atoms in total. The zero-order chi connectivity index (χ0) is 30.4. The second-order valence-corrected chi connectivity index (χ2v) is 9.78. The van der Waals surface area contributed by atoms with Crippen molar-refractivity contribution in [3.05, 3.63) is 130 Å². The fraction of sp³-hybridized carbons (Fsp3) is 0.219. The molecule has 3 aromatic carbocycles. The zero-order valence-electron chi connectivity index (χ0n) is 23.3. The summed E-state index contributed by atoms with van der Waals surface area (Å²) in [6, 6.07) is 26.1. The number of hydrogen-bond acceptors (Lipinski definition) is 10. The summed E-state index contributed by atoms with van der Waals surface area (Å²) in [7, 11) is 1.36. The van der Waals surface area contributed by atoms with E-state index in [1.165, 1.54) is 26.3 Å². The number of rotatable bonds is 9. The molecule has 0 bridgehead atoms. The van der Waals surface area contributed by atoms with Crippen LogP contribution in [0.15, 0.2) is 108 Å². The van der Waals surface area contributed by atoms with Crippen molar-refractivity contribution >= 4 is 17.9 Å². The Morgan fingerprint density at radius 3 is 1.88 bits per heavy atom. The van der Waals surface area contributed by atoms with Crippen LogP contribution in [0.2, 0.25) is 0 Å². The van der Waals surface area contributed by atoms with Crippen molar-refractivity contribution < 1.29 is 38.1 Å². The standard InChI is InChI=1S/C32H28N2O9/c1-32(43-29(37)23-16-10-5-11-17-23)26(42-28(36)22-14-8-4-9-15-22)24(20-40-27(35)21-12-6-3-7-13-21)41-30(32)34-19-18-25(39-2)33-31(34)38/h3-19,24,26,30H,20H2,1-2H3/t24-,26-,30-,32-/m1/s1. The van der Waals surface area contributed by atoms with Crippen molar-refractivity contribution in [1.29, 1.82) is 0 Å². The Bertz CT molecular complexity index is 1640. The van der Waals surface area contributed by atoms with Crippen LogP contribution in [0.3, 0.4) is 0 Å². The van der Waals surface area contributed by atoms with Crippen molar-refractivity contribution in [2.45, 2.75) is 31.0 Å².